The van der Waals surface area contributed by atoms with E-state index in [1.807, 2.05) is 0 Å². The lowest BCUT2D eigenvalue weighted by atomic mass is 10.2. The van der Waals surface area contributed by atoms with Crippen molar-refractivity contribution in [3.8, 4) is 5.69 Å². The number of aromatic amines is 1. The van der Waals surface area contributed by atoms with Crippen LogP contribution >= 0.6 is 0 Å². The summed E-state index contributed by atoms with van der Waals surface area (Å²) in [6.07, 6.45) is 3.22. The average molecular weight is 522 g/mol. The Balaban J connectivity index is 1.44. The van der Waals surface area contributed by atoms with Crippen LogP contribution in [0.25, 0.3) is 16.7 Å². The van der Waals surface area contributed by atoms with Crippen LogP contribution in [-0.4, -0.2) is 45.7 Å². The first kappa shape index (κ1) is 26.1. The molecule has 0 aliphatic carbocycles. The van der Waals surface area contributed by atoms with E-state index < -0.39 is 35.0 Å². The number of aromatic nitrogens is 3. The summed E-state index contributed by atoms with van der Waals surface area (Å²) >= 11 is 0. The Morgan fingerprint density at radius 3 is 2.45 bits per heavy atom. The molecule has 12 heteroatoms. The number of urea groups is 1. The fraction of sp³-hybridized carbons (Fsp3) is 0.192. The summed E-state index contributed by atoms with van der Waals surface area (Å²) in [6, 6.07) is 10.00. The zero-order valence-corrected chi connectivity index (χ0v) is 20.5. The van der Waals surface area contributed by atoms with Crippen molar-refractivity contribution in [3.05, 3.63) is 87.9 Å². The number of nitrogens with one attached hydrogen (secondary N) is 3. The normalized spacial score (nSPS) is 10.7. The van der Waals surface area contributed by atoms with Crippen LogP contribution in [0.15, 0.2) is 59.7 Å². The van der Waals surface area contributed by atoms with Crippen molar-refractivity contribution >= 4 is 34.7 Å². The van der Waals surface area contributed by atoms with Gasteiger partial charge in [0.1, 0.15) is 5.82 Å². The van der Waals surface area contributed by atoms with Crippen LogP contribution in [0.3, 0.4) is 0 Å². The fourth-order valence-corrected chi connectivity index (χ4v) is 3.59. The van der Waals surface area contributed by atoms with Crippen molar-refractivity contribution in [1.82, 2.24) is 19.9 Å². The van der Waals surface area contributed by atoms with E-state index in [-0.39, 0.29) is 36.5 Å². The maximum Gasteiger partial charge on any atom is 0.362 e. The number of benzene rings is 2. The maximum atomic E-state index is 14.8. The van der Waals surface area contributed by atoms with Crippen molar-refractivity contribution in [2.45, 2.75) is 20.4 Å². The number of carbonyl (C=O) groups excluding carboxylic acids is 3. The number of H-pyrrole nitrogens is 1. The van der Waals surface area contributed by atoms with Gasteiger partial charge in [0, 0.05) is 30.7 Å². The Morgan fingerprint density at radius 1 is 1.03 bits per heavy atom. The molecular weight excluding hydrogens is 497 g/mol. The Labute approximate surface area is 215 Å². The van der Waals surface area contributed by atoms with E-state index in [0.717, 1.165) is 6.07 Å². The molecule has 3 N–H and O–H groups in total. The monoisotopic (exact) mass is 521 g/mol. The number of fused-ring (bicyclic) bond motifs is 1. The molecule has 0 spiro atoms. The lowest BCUT2D eigenvalue weighted by Gasteiger charge is -2.09. The summed E-state index contributed by atoms with van der Waals surface area (Å²) in [7, 11) is 0. The van der Waals surface area contributed by atoms with E-state index in [2.05, 4.69) is 20.6 Å². The summed E-state index contributed by atoms with van der Waals surface area (Å²) in [5.74, 6) is -1.94. The second kappa shape index (κ2) is 11.4. The minimum atomic E-state index is -0.871. The number of hydrogen-bond acceptors (Lipinski definition) is 7. The molecule has 0 unspecified atom stereocenters. The van der Waals surface area contributed by atoms with Crippen LogP contribution < -0.4 is 16.2 Å². The third-order valence-corrected chi connectivity index (χ3v) is 5.37. The summed E-state index contributed by atoms with van der Waals surface area (Å²) in [6.45, 7) is 3.81. The fourth-order valence-electron chi connectivity index (χ4n) is 3.59. The Morgan fingerprint density at radius 2 is 1.74 bits per heavy atom. The predicted molar refractivity (Wildman–Crippen MR) is 136 cm³/mol. The first-order chi connectivity index (χ1) is 18.3. The van der Waals surface area contributed by atoms with Gasteiger partial charge in [-0.2, -0.15) is 0 Å². The molecule has 0 saturated heterocycles. The van der Waals surface area contributed by atoms with Gasteiger partial charge in [0.25, 0.3) is 5.56 Å². The second-order valence-corrected chi connectivity index (χ2v) is 7.99. The SMILES string of the molecule is CCOC(=O)c1ccc(NC(=O)NCc2ccn(-c3cc4nc(C(=O)OCC)c(=O)[nH]c4cc3F)c2)cc1. The van der Waals surface area contributed by atoms with Crippen molar-refractivity contribution in [2.24, 2.45) is 0 Å². The van der Waals surface area contributed by atoms with Gasteiger partial charge in [-0.05, 0) is 55.8 Å². The molecule has 0 aliphatic heterocycles. The highest BCUT2D eigenvalue weighted by Gasteiger charge is 2.17. The predicted octanol–water partition coefficient (Wildman–Crippen LogP) is 3.53. The standard InChI is InChI=1S/C26H24FN5O6/c1-3-37-24(34)16-5-7-17(8-6-16)29-26(36)28-13-15-9-10-32(14-15)21-12-20-19(11-18(21)27)31-23(33)22(30-20)25(35)38-4-2/h5-12,14H,3-4,13H2,1-2H3,(H,31,33)(H2,28,29,36). The molecule has 0 bridgehead atoms. The van der Waals surface area contributed by atoms with Gasteiger partial charge < -0.3 is 29.7 Å². The van der Waals surface area contributed by atoms with Crippen LogP contribution in [0.2, 0.25) is 0 Å². The number of anilines is 1. The van der Waals surface area contributed by atoms with Gasteiger partial charge in [-0.3, -0.25) is 4.79 Å². The number of nitrogens with zero attached hydrogens (tertiary/aromatic N) is 2. The number of amides is 2. The third-order valence-electron chi connectivity index (χ3n) is 5.37. The molecular formula is C26H24FN5O6. The first-order valence-electron chi connectivity index (χ1n) is 11.7. The van der Waals surface area contributed by atoms with E-state index >= 15 is 0 Å². The highest BCUT2D eigenvalue weighted by atomic mass is 19.1. The topological polar surface area (TPSA) is 144 Å². The molecule has 0 aliphatic rings. The number of carbonyl (C=O) groups is 3. The molecule has 0 atom stereocenters. The number of hydrogen-bond donors (Lipinski definition) is 3. The Kier molecular flexibility index (Phi) is 7.80. The van der Waals surface area contributed by atoms with Crippen LogP contribution in [0.5, 0.6) is 0 Å². The molecule has 4 rings (SSSR count). The highest BCUT2D eigenvalue weighted by molar-refractivity contribution is 5.92. The van der Waals surface area contributed by atoms with E-state index in [1.165, 1.54) is 10.6 Å². The van der Waals surface area contributed by atoms with Crippen LogP contribution in [-0.2, 0) is 16.0 Å². The van der Waals surface area contributed by atoms with Crippen molar-refractivity contribution < 1.29 is 28.2 Å². The highest BCUT2D eigenvalue weighted by Crippen LogP contribution is 2.20. The zero-order chi connectivity index (χ0) is 27.2. The zero-order valence-electron chi connectivity index (χ0n) is 20.5. The molecule has 4 aromatic rings. The van der Waals surface area contributed by atoms with Crippen molar-refractivity contribution in [2.75, 3.05) is 18.5 Å². The number of halogens is 1. The van der Waals surface area contributed by atoms with Gasteiger partial charge in [0.05, 0.1) is 35.5 Å². The van der Waals surface area contributed by atoms with E-state index in [1.54, 1.807) is 56.6 Å². The summed E-state index contributed by atoms with van der Waals surface area (Å²) in [5.41, 5.74) is 0.804. The number of ether oxygens (including phenoxy) is 2. The lowest BCUT2D eigenvalue weighted by molar-refractivity contribution is 0.0511. The van der Waals surface area contributed by atoms with E-state index in [0.29, 0.717) is 16.8 Å². The van der Waals surface area contributed by atoms with Crippen molar-refractivity contribution in [1.29, 1.82) is 0 Å². The van der Waals surface area contributed by atoms with Crippen LogP contribution in [0.4, 0.5) is 14.9 Å². The van der Waals surface area contributed by atoms with Gasteiger partial charge >= 0.3 is 18.0 Å². The summed E-state index contributed by atoms with van der Waals surface area (Å²) < 4.78 is 26.1. The summed E-state index contributed by atoms with van der Waals surface area (Å²) in [4.78, 5) is 54.6. The third kappa shape index (κ3) is 5.86. The first-order valence-corrected chi connectivity index (χ1v) is 11.7. The van der Waals surface area contributed by atoms with Gasteiger partial charge in [-0.15, -0.1) is 0 Å². The molecule has 0 fully saturated rings. The Hall–Kier alpha value is -5.00. The minimum absolute atomic E-state index is 0.0760. The van der Waals surface area contributed by atoms with Crippen LogP contribution in [0, 0.1) is 5.82 Å². The second-order valence-electron chi connectivity index (χ2n) is 7.99. The average Bonchev–Trinajstić information content (AvgIpc) is 3.36. The van der Waals surface area contributed by atoms with Crippen molar-refractivity contribution in [3.63, 3.8) is 0 Å². The van der Waals surface area contributed by atoms with E-state index in [9.17, 15) is 23.6 Å². The minimum Gasteiger partial charge on any atom is -0.462 e. The number of rotatable bonds is 8. The molecule has 38 heavy (non-hydrogen) atoms. The summed E-state index contributed by atoms with van der Waals surface area (Å²) in [5, 5.41) is 5.36. The largest absolute Gasteiger partial charge is 0.462 e. The molecule has 11 nitrogen and oxygen atoms in total. The smallest absolute Gasteiger partial charge is 0.362 e. The molecule has 0 saturated carbocycles. The number of esters is 2. The van der Waals surface area contributed by atoms with Gasteiger partial charge in [0.2, 0.25) is 5.69 Å². The Bertz CT molecular complexity index is 1560. The van der Waals surface area contributed by atoms with E-state index in [4.69, 9.17) is 9.47 Å². The molecule has 0 radical (unpaired) electrons. The quantitative estimate of drug-likeness (QED) is 0.301. The lowest BCUT2D eigenvalue weighted by Crippen LogP contribution is -2.28. The van der Waals surface area contributed by atoms with Gasteiger partial charge in [0.15, 0.2) is 0 Å². The molecule has 2 amide bonds. The molecule has 2 heterocycles. The van der Waals surface area contributed by atoms with Gasteiger partial charge in [-0.25, -0.2) is 23.8 Å². The maximum absolute atomic E-state index is 14.8. The molecule has 2 aromatic heterocycles. The molecule has 2 aromatic carbocycles. The molecule has 196 valence electrons. The van der Waals surface area contributed by atoms with Gasteiger partial charge in [-0.1, -0.05) is 0 Å². The van der Waals surface area contributed by atoms with Crippen LogP contribution in [0.1, 0.15) is 40.3 Å².